The molecule has 2 fully saturated rings. The SMILES string of the molecule is O=C1NC(=O)C2C1Sc1c(sc(=O)n1CC(=O)N1CCCCC1)C2c1ccc(F)cc1. The van der Waals surface area contributed by atoms with Gasteiger partial charge in [-0.25, -0.2) is 4.39 Å². The van der Waals surface area contributed by atoms with Gasteiger partial charge >= 0.3 is 4.87 Å². The van der Waals surface area contributed by atoms with Crippen molar-refractivity contribution < 1.29 is 18.8 Å². The van der Waals surface area contributed by atoms with Crippen molar-refractivity contribution >= 4 is 40.8 Å². The fourth-order valence-corrected chi connectivity index (χ4v) is 7.32. The summed E-state index contributed by atoms with van der Waals surface area (Å²) in [5.74, 6) is -2.53. The minimum absolute atomic E-state index is 0.0826. The van der Waals surface area contributed by atoms with E-state index in [-0.39, 0.29) is 23.2 Å². The van der Waals surface area contributed by atoms with Crippen LogP contribution in [0.2, 0.25) is 0 Å². The van der Waals surface area contributed by atoms with E-state index >= 15 is 0 Å². The van der Waals surface area contributed by atoms with Gasteiger partial charge in [-0.05, 0) is 37.0 Å². The van der Waals surface area contributed by atoms with Crippen LogP contribution in [-0.2, 0) is 20.9 Å². The van der Waals surface area contributed by atoms with Crippen LogP contribution in [0.3, 0.4) is 0 Å². The first-order valence-corrected chi connectivity index (χ1v) is 11.9. The highest BCUT2D eigenvalue weighted by molar-refractivity contribution is 8.00. The van der Waals surface area contributed by atoms with Gasteiger partial charge < -0.3 is 4.90 Å². The lowest BCUT2D eigenvalue weighted by Gasteiger charge is -2.31. The van der Waals surface area contributed by atoms with Crippen molar-refractivity contribution in [3.05, 3.63) is 50.2 Å². The fraction of sp³-hybridized carbons (Fsp3) is 0.429. The molecule has 5 rings (SSSR count). The van der Waals surface area contributed by atoms with Crippen LogP contribution in [-0.4, -0.2) is 45.5 Å². The number of hydrogen-bond acceptors (Lipinski definition) is 6. The summed E-state index contributed by atoms with van der Waals surface area (Å²) in [4.78, 5) is 52.9. The third-order valence-corrected chi connectivity index (χ3v) is 8.73. The zero-order valence-electron chi connectivity index (χ0n) is 16.5. The second-order valence-electron chi connectivity index (χ2n) is 8.01. The molecule has 0 bridgehead atoms. The zero-order valence-corrected chi connectivity index (χ0v) is 18.1. The van der Waals surface area contributed by atoms with E-state index < -0.39 is 28.8 Å². The number of likely N-dealkylation sites (tertiary alicyclic amines) is 1. The maximum atomic E-state index is 13.5. The highest BCUT2D eigenvalue weighted by atomic mass is 32.2. The molecule has 3 unspecified atom stereocenters. The van der Waals surface area contributed by atoms with Crippen LogP contribution in [0, 0.1) is 11.7 Å². The molecule has 0 spiro atoms. The number of hydrogen-bond donors (Lipinski definition) is 1. The predicted molar refractivity (Wildman–Crippen MR) is 114 cm³/mol. The summed E-state index contributed by atoms with van der Waals surface area (Å²) in [7, 11) is 0. The molecule has 3 atom stereocenters. The van der Waals surface area contributed by atoms with Crippen molar-refractivity contribution in [2.45, 2.75) is 42.0 Å². The molecule has 0 saturated carbocycles. The Bertz CT molecular complexity index is 1120. The molecule has 0 radical (unpaired) electrons. The lowest BCUT2D eigenvalue weighted by Crippen LogP contribution is -2.39. The highest BCUT2D eigenvalue weighted by Crippen LogP contribution is 2.51. The van der Waals surface area contributed by atoms with Crippen LogP contribution >= 0.6 is 23.1 Å². The Morgan fingerprint density at radius 1 is 1.06 bits per heavy atom. The van der Waals surface area contributed by atoms with Gasteiger partial charge in [-0.15, -0.1) is 0 Å². The molecular weight excluding hydrogens is 441 g/mol. The molecule has 3 amide bonds. The third-order valence-electron chi connectivity index (χ3n) is 6.12. The highest BCUT2D eigenvalue weighted by Gasteiger charge is 2.52. The number of halogens is 1. The Labute approximate surface area is 185 Å². The Morgan fingerprint density at radius 3 is 2.48 bits per heavy atom. The van der Waals surface area contributed by atoms with Crippen LogP contribution in [0.1, 0.15) is 35.6 Å². The average molecular weight is 462 g/mol. The standard InChI is InChI=1S/C21H20FN3O4S2/c22-12-6-4-11(5-7-12)14-15-16(19(28)23-18(15)27)30-20-17(14)31-21(29)25(20)10-13(26)24-8-2-1-3-9-24/h4-7,14-16H,1-3,8-10H2,(H,23,27,28). The first-order valence-electron chi connectivity index (χ1n) is 10.2. The first kappa shape index (κ1) is 20.4. The molecule has 2 aromatic rings. The number of thioether (sulfide) groups is 1. The first-order chi connectivity index (χ1) is 14.9. The van der Waals surface area contributed by atoms with Gasteiger partial charge in [-0.3, -0.25) is 29.1 Å². The number of piperidine rings is 1. The summed E-state index contributed by atoms with van der Waals surface area (Å²) in [6, 6.07) is 5.78. The number of carbonyl (C=O) groups is 3. The number of amides is 3. The molecule has 2 saturated heterocycles. The number of nitrogens with one attached hydrogen (secondary N) is 1. The fourth-order valence-electron chi connectivity index (χ4n) is 4.58. The summed E-state index contributed by atoms with van der Waals surface area (Å²) in [6.07, 6.45) is 3.00. The minimum atomic E-state index is -0.694. The molecule has 7 nitrogen and oxygen atoms in total. The zero-order chi connectivity index (χ0) is 21.7. The predicted octanol–water partition coefficient (Wildman–Crippen LogP) is 1.94. The Hall–Kier alpha value is -2.46. The van der Waals surface area contributed by atoms with E-state index in [1.165, 1.54) is 28.5 Å². The summed E-state index contributed by atoms with van der Waals surface area (Å²) in [5, 5.41) is 2.25. The number of imide groups is 1. The van der Waals surface area contributed by atoms with E-state index in [4.69, 9.17) is 0 Å². The van der Waals surface area contributed by atoms with E-state index in [9.17, 15) is 23.6 Å². The number of benzene rings is 1. The quantitative estimate of drug-likeness (QED) is 0.706. The second kappa shape index (κ2) is 7.90. The van der Waals surface area contributed by atoms with Gasteiger partial charge in [-0.2, -0.15) is 0 Å². The number of rotatable bonds is 3. The van der Waals surface area contributed by atoms with Crippen LogP contribution in [0.25, 0.3) is 0 Å². The molecule has 1 N–H and O–H groups in total. The molecule has 4 heterocycles. The van der Waals surface area contributed by atoms with E-state index in [2.05, 4.69) is 5.32 Å². The molecule has 1 aromatic heterocycles. The van der Waals surface area contributed by atoms with Crippen molar-refractivity contribution in [2.75, 3.05) is 13.1 Å². The number of carbonyl (C=O) groups excluding carboxylic acids is 3. The number of nitrogens with zero attached hydrogens (tertiary/aromatic N) is 2. The maximum Gasteiger partial charge on any atom is 0.308 e. The molecular formula is C21H20FN3O4S2. The lowest BCUT2D eigenvalue weighted by atomic mass is 9.83. The van der Waals surface area contributed by atoms with Gasteiger partial charge in [0, 0.05) is 23.9 Å². The molecule has 0 aliphatic carbocycles. The van der Waals surface area contributed by atoms with Crippen molar-refractivity contribution in [2.24, 2.45) is 5.92 Å². The van der Waals surface area contributed by atoms with Crippen molar-refractivity contribution in [3.63, 3.8) is 0 Å². The van der Waals surface area contributed by atoms with Crippen LogP contribution in [0.15, 0.2) is 34.1 Å². The smallest absolute Gasteiger partial charge is 0.308 e. The number of fused-ring (bicyclic) bond motifs is 2. The van der Waals surface area contributed by atoms with E-state index in [0.717, 1.165) is 30.6 Å². The van der Waals surface area contributed by atoms with Gasteiger partial charge in [0.1, 0.15) is 17.6 Å². The normalized spacial score (nSPS) is 25.2. The topological polar surface area (TPSA) is 88.5 Å². The lowest BCUT2D eigenvalue weighted by molar-refractivity contribution is -0.133. The van der Waals surface area contributed by atoms with Crippen LogP contribution < -0.4 is 10.2 Å². The van der Waals surface area contributed by atoms with Crippen molar-refractivity contribution in [1.29, 1.82) is 0 Å². The van der Waals surface area contributed by atoms with Crippen molar-refractivity contribution in [1.82, 2.24) is 14.8 Å². The molecule has 10 heteroatoms. The summed E-state index contributed by atoms with van der Waals surface area (Å²) >= 11 is 2.17. The van der Waals surface area contributed by atoms with Crippen LogP contribution in [0.5, 0.6) is 0 Å². The van der Waals surface area contributed by atoms with Gasteiger partial charge in [0.2, 0.25) is 17.7 Å². The Morgan fingerprint density at radius 2 is 1.77 bits per heavy atom. The molecule has 162 valence electrons. The van der Waals surface area contributed by atoms with Gasteiger partial charge in [0.25, 0.3) is 0 Å². The van der Waals surface area contributed by atoms with Crippen LogP contribution in [0.4, 0.5) is 4.39 Å². The molecule has 3 aliphatic rings. The summed E-state index contributed by atoms with van der Waals surface area (Å²) in [5.41, 5.74) is 0.665. The second-order valence-corrected chi connectivity index (χ2v) is 10.1. The van der Waals surface area contributed by atoms with Crippen molar-refractivity contribution in [3.8, 4) is 0 Å². The maximum absolute atomic E-state index is 13.5. The summed E-state index contributed by atoms with van der Waals surface area (Å²) in [6.45, 7) is 1.29. The molecule has 31 heavy (non-hydrogen) atoms. The molecule has 1 aromatic carbocycles. The van der Waals surface area contributed by atoms with Gasteiger partial charge in [-0.1, -0.05) is 35.2 Å². The van der Waals surface area contributed by atoms with E-state index in [1.54, 1.807) is 17.0 Å². The van der Waals surface area contributed by atoms with E-state index in [1.807, 2.05) is 0 Å². The number of aromatic nitrogens is 1. The summed E-state index contributed by atoms with van der Waals surface area (Å²) < 4.78 is 14.9. The number of thiazole rings is 1. The van der Waals surface area contributed by atoms with Gasteiger partial charge in [0.15, 0.2) is 0 Å². The van der Waals surface area contributed by atoms with Gasteiger partial charge in [0.05, 0.1) is 10.9 Å². The Balaban J connectivity index is 1.56. The Kier molecular flexibility index (Phi) is 5.21. The third kappa shape index (κ3) is 3.51. The largest absolute Gasteiger partial charge is 0.341 e. The monoisotopic (exact) mass is 461 g/mol. The molecule has 3 aliphatic heterocycles. The average Bonchev–Trinajstić information content (AvgIpc) is 3.23. The minimum Gasteiger partial charge on any atom is -0.341 e. The van der Waals surface area contributed by atoms with E-state index in [0.29, 0.717) is 28.6 Å².